The van der Waals surface area contributed by atoms with E-state index in [1.807, 2.05) is 0 Å². The molecule has 14 heavy (non-hydrogen) atoms. The molecular formula is C10H19N3O. The van der Waals surface area contributed by atoms with Gasteiger partial charge in [-0.1, -0.05) is 13.8 Å². The number of anilines is 1. The van der Waals surface area contributed by atoms with Gasteiger partial charge in [0.2, 0.25) is 0 Å². The smallest absolute Gasteiger partial charge is 0.294 e. The van der Waals surface area contributed by atoms with E-state index in [1.54, 1.807) is 6.26 Å². The predicted molar refractivity (Wildman–Crippen MR) is 57.3 cm³/mol. The fourth-order valence-electron chi connectivity index (χ4n) is 1.09. The van der Waals surface area contributed by atoms with Crippen molar-refractivity contribution in [2.24, 2.45) is 0 Å². The zero-order valence-electron chi connectivity index (χ0n) is 8.97. The average molecular weight is 197 g/mol. The Morgan fingerprint density at radius 3 is 2.79 bits per heavy atom. The van der Waals surface area contributed by atoms with Crippen molar-refractivity contribution >= 4 is 6.01 Å². The lowest BCUT2D eigenvalue weighted by Crippen LogP contribution is -2.14. The molecule has 0 radical (unpaired) electrons. The van der Waals surface area contributed by atoms with Crippen molar-refractivity contribution in [2.45, 2.75) is 33.2 Å². The van der Waals surface area contributed by atoms with Crippen molar-refractivity contribution in [1.29, 1.82) is 0 Å². The third-order valence-electron chi connectivity index (χ3n) is 1.81. The van der Waals surface area contributed by atoms with Crippen molar-refractivity contribution in [2.75, 3.05) is 18.4 Å². The van der Waals surface area contributed by atoms with Gasteiger partial charge in [0, 0.05) is 13.1 Å². The van der Waals surface area contributed by atoms with E-state index in [0.29, 0.717) is 6.01 Å². The van der Waals surface area contributed by atoms with Crippen LogP contribution in [0.4, 0.5) is 6.01 Å². The Labute approximate surface area is 85.1 Å². The quantitative estimate of drug-likeness (QED) is 0.656. The highest BCUT2D eigenvalue weighted by Crippen LogP contribution is 2.06. The van der Waals surface area contributed by atoms with Crippen LogP contribution in [0.15, 0.2) is 10.7 Å². The summed E-state index contributed by atoms with van der Waals surface area (Å²) in [5, 5.41) is 6.37. The van der Waals surface area contributed by atoms with Crippen LogP contribution in [0.5, 0.6) is 0 Å². The number of nitrogens with zero attached hydrogens (tertiary/aromatic N) is 1. The standard InChI is InChI=1S/C10H19N3O/c1-3-5-11-7-9-8-14-10(13-9)12-6-4-2/h8,11H,3-7H2,1-2H3,(H,12,13). The lowest BCUT2D eigenvalue weighted by molar-refractivity contribution is 0.566. The van der Waals surface area contributed by atoms with Gasteiger partial charge in [-0.15, -0.1) is 0 Å². The normalized spacial score (nSPS) is 10.4. The maximum absolute atomic E-state index is 5.24. The summed E-state index contributed by atoms with van der Waals surface area (Å²) >= 11 is 0. The molecule has 4 heteroatoms. The molecule has 0 unspecified atom stereocenters. The zero-order valence-corrected chi connectivity index (χ0v) is 8.97. The molecule has 4 nitrogen and oxygen atoms in total. The number of rotatable bonds is 7. The lowest BCUT2D eigenvalue weighted by atomic mass is 10.4. The third kappa shape index (κ3) is 3.79. The number of aromatic nitrogens is 1. The number of hydrogen-bond acceptors (Lipinski definition) is 4. The minimum atomic E-state index is 0.625. The fourth-order valence-corrected chi connectivity index (χ4v) is 1.09. The van der Waals surface area contributed by atoms with Gasteiger partial charge in [-0.2, -0.15) is 4.98 Å². The largest absolute Gasteiger partial charge is 0.432 e. The molecular weight excluding hydrogens is 178 g/mol. The van der Waals surface area contributed by atoms with Crippen LogP contribution in [0.2, 0.25) is 0 Å². The summed E-state index contributed by atoms with van der Waals surface area (Å²) in [6, 6.07) is 0.625. The predicted octanol–water partition coefficient (Wildman–Crippen LogP) is 2.00. The molecule has 0 saturated heterocycles. The van der Waals surface area contributed by atoms with Crippen LogP contribution in [0, 0.1) is 0 Å². The second kappa shape index (κ2) is 6.43. The second-order valence-corrected chi connectivity index (χ2v) is 3.25. The van der Waals surface area contributed by atoms with Crippen LogP contribution in [-0.4, -0.2) is 18.1 Å². The summed E-state index contributed by atoms with van der Waals surface area (Å²) in [7, 11) is 0. The Bertz CT molecular complexity index is 247. The van der Waals surface area contributed by atoms with Gasteiger partial charge in [-0.05, 0) is 19.4 Å². The minimum Gasteiger partial charge on any atom is -0.432 e. The fraction of sp³-hybridized carbons (Fsp3) is 0.700. The van der Waals surface area contributed by atoms with Gasteiger partial charge in [-0.25, -0.2) is 0 Å². The van der Waals surface area contributed by atoms with Crippen LogP contribution in [-0.2, 0) is 6.54 Å². The SMILES string of the molecule is CCCNCc1coc(NCCC)n1. The molecule has 0 amide bonds. The van der Waals surface area contributed by atoms with Crippen molar-refractivity contribution in [3.05, 3.63) is 12.0 Å². The van der Waals surface area contributed by atoms with E-state index in [0.717, 1.165) is 38.2 Å². The van der Waals surface area contributed by atoms with Gasteiger partial charge < -0.3 is 15.1 Å². The van der Waals surface area contributed by atoms with Crippen LogP contribution in [0.25, 0.3) is 0 Å². The van der Waals surface area contributed by atoms with Gasteiger partial charge >= 0.3 is 0 Å². The topological polar surface area (TPSA) is 50.1 Å². The summed E-state index contributed by atoms with van der Waals surface area (Å²) < 4.78 is 5.24. The first-order chi connectivity index (χ1) is 6.86. The van der Waals surface area contributed by atoms with E-state index in [2.05, 4.69) is 29.5 Å². The van der Waals surface area contributed by atoms with E-state index in [9.17, 15) is 0 Å². The van der Waals surface area contributed by atoms with Gasteiger partial charge in [0.15, 0.2) is 0 Å². The second-order valence-electron chi connectivity index (χ2n) is 3.25. The molecule has 0 saturated carbocycles. The third-order valence-corrected chi connectivity index (χ3v) is 1.81. The molecule has 2 N–H and O–H groups in total. The molecule has 1 aromatic rings. The monoisotopic (exact) mass is 197 g/mol. The molecule has 0 aliphatic carbocycles. The highest BCUT2D eigenvalue weighted by Gasteiger charge is 2.01. The first kappa shape index (κ1) is 11.0. The zero-order chi connectivity index (χ0) is 10.2. The number of oxazole rings is 1. The van der Waals surface area contributed by atoms with Crippen molar-refractivity contribution in [3.8, 4) is 0 Å². The Morgan fingerprint density at radius 2 is 2.07 bits per heavy atom. The van der Waals surface area contributed by atoms with E-state index < -0.39 is 0 Å². The average Bonchev–Trinajstić information content (AvgIpc) is 2.63. The Morgan fingerprint density at radius 1 is 1.29 bits per heavy atom. The van der Waals surface area contributed by atoms with Crippen LogP contribution in [0.1, 0.15) is 32.4 Å². The maximum atomic E-state index is 5.24. The van der Waals surface area contributed by atoms with Gasteiger partial charge in [-0.3, -0.25) is 0 Å². The van der Waals surface area contributed by atoms with Crippen LogP contribution in [0.3, 0.4) is 0 Å². The summed E-state index contributed by atoms with van der Waals surface area (Å²) in [4.78, 5) is 4.28. The first-order valence-electron chi connectivity index (χ1n) is 5.25. The highest BCUT2D eigenvalue weighted by atomic mass is 16.4. The Balaban J connectivity index is 2.27. The molecule has 0 aliphatic heterocycles. The summed E-state index contributed by atoms with van der Waals surface area (Å²) in [5.41, 5.74) is 0.956. The van der Waals surface area contributed by atoms with Crippen LogP contribution >= 0.6 is 0 Å². The van der Waals surface area contributed by atoms with Crippen molar-refractivity contribution in [1.82, 2.24) is 10.3 Å². The highest BCUT2D eigenvalue weighted by molar-refractivity contribution is 5.20. The molecule has 1 rings (SSSR count). The van der Waals surface area contributed by atoms with E-state index in [1.165, 1.54) is 0 Å². The molecule has 0 spiro atoms. The van der Waals surface area contributed by atoms with Crippen molar-refractivity contribution in [3.63, 3.8) is 0 Å². The van der Waals surface area contributed by atoms with Gasteiger partial charge in [0.05, 0.1) is 5.69 Å². The molecule has 0 fully saturated rings. The van der Waals surface area contributed by atoms with E-state index in [4.69, 9.17) is 4.42 Å². The molecule has 0 atom stereocenters. The number of nitrogens with one attached hydrogen (secondary N) is 2. The molecule has 80 valence electrons. The molecule has 0 aliphatic rings. The lowest BCUT2D eigenvalue weighted by Gasteiger charge is -1.97. The molecule has 0 aromatic carbocycles. The van der Waals surface area contributed by atoms with Crippen LogP contribution < -0.4 is 10.6 Å². The van der Waals surface area contributed by atoms with E-state index in [-0.39, 0.29) is 0 Å². The summed E-state index contributed by atoms with van der Waals surface area (Å²) in [6.45, 7) is 6.96. The summed E-state index contributed by atoms with van der Waals surface area (Å²) in [6.07, 6.45) is 3.91. The molecule has 1 heterocycles. The van der Waals surface area contributed by atoms with Crippen molar-refractivity contribution < 1.29 is 4.42 Å². The minimum absolute atomic E-state index is 0.625. The summed E-state index contributed by atoms with van der Waals surface area (Å²) in [5.74, 6) is 0. The van der Waals surface area contributed by atoms with Gasteiger partial charge in [0.25, 0.3) is 6.01 Å². The number of hydrogen-bond donors (Lipinski definition) is 2. The van der Waals surface area contributed by atoms with Gasteiger partial charge in [0.1, 0.15) is 6.26 Å². The maximum Gasteiger partial charge on any atom is 0.294 e. The van der Waals surface area contributed by atoms with E-state index >= 15 is 0 Å². The Kier molecular flexibility index (Phi) is 5.07. The first-order valence-corrected chi connectivity index (χ1v) is 5.25. The molecule has 0 bridgehead atoms. The molecule has 1 aromatic heterocycles. The Hall–Kier alpha value is -1.03.